The van der Waals surface area contributed by atoms with Gasteiger partial charge in [0.2, 0.25) is 0 Å². The van der Waals surface area contributed by atoms with E-state index in [-0.39, 0.29) is 35.3 Å². The number of fused-ring (bicyclic) bond motifs is 3. The number of carboxylic acid groups (broad SMARTS) is 1. The van der Waals surface area contributed by atoms with Crippen molar-refractivity contribution in [2.24, 2.45) is 0 Å². The summed E-state index contributed by atoms with van der Waals surface area (Å²) in [4.78, 5) is 31.7. The maximum absolute atomic E-state index is 13.2. The lowest BCUT2D eigenvalue weighted by Gasteiger charge is -2.53. The van der Waals surface area contributed by atoms with Crippen LogP contribution in [0.2, 0.25) is 0 Å². The van der Waals surface area contributed by atoms with Gasteiger partial charge in [0.05, 0.1) is 5.56 Å². The second-order valence-electron chi connectivity index (χ2n) is 8.28. The molecule has 2 aliphatic heterocycles. The average molecular weight is 430 g/mol. The van der Waals surface area contributed by atoms with Crippen molar-refractivity contribution in [2.75, 3.05) is 23.3 Å². The first-order chi connectivity index (χ1) is 15.5. The highest BCUT2D eigenvalue weighted by molar-refractivity contribution is 5.94. The van der Waals surface area contributed by atoms with Gasteiger partial charge in [-0.1, -0.05) is 12.1 Å². The van der Waals surface area contributed by atoms with Crippen LogP contribution in [-0.2, 0) is 6.54 Å². The molecule has 0 amide bonds. The fraction of sp³-hybridized carbons (Fsp3) is 0.304. The van der Waals surface area contributed by atoms with E-state index >= 15 is 0 Å². The first-order valence-corrected chi connectivity index (χ1v) is 10.5. The first kappa shape index (κ1) is 20.0. The molecule has 1 aromatic carbocycles. The van der Waals surface area contributed by atoms with Crippen molar-refractivity contribution in [3.05, 3.63) is 69.1 Å². The maximum Gasteiger partial charge on any atom is 0.337 e. The Kier molecular flexibility index (Phi) is 4.79. The molecule has 162 valence electrons. The molecule has 9 heteroatoms. The Labute approximate surface area is 183 Å². The number of pyridine rings is 1. The van der Waals surface area contributed by atoms with Gasteiger partial charge in [-0.25, -0.2) is 9.78 Å². The van der Waals surface area contributed by atoms with E-state index in [2.05, 4.69) is 21.6 Å². The molecule has 0 spiro atoms. The largest absolute Gasteiger partial charge is 0.478 e. The predicted molar refractivity (Wildman–Crippen MR) is 119 cm³/mol. The van der Waals surface area contributed by atoms with Crippen LogP contribution in [0.1, 0.15) is 33.5 Å². The molecule has 32 heavy (non-hydrogen) atoms. The molecular formula is C23H22N6O3. The number of rotatable bonds is 5. The molecule has 2 unspecified atom stereocenters. The maximum atomic E-state index is 13.2. The van der Waals surface area contributed by atoms with Gasteiger partial charge in [0.15, 0.2) is 11.4 Å². The summed E-state index contributed by atoms with van der Waals surface area (Å²) in [6, 6.07) is 11.1. The van der Waals surface area contributed by atoms with Crippen LogP contribution < -0.4 is 21.1 Å². The topological polar surface area (TPSA) is 123 Å². The number of aromatic nitrogens is 2. The van der Waals surface area contributed by atoms with Gasteiger partial charge in [0.1, 0.15) is 11.7 Å². The first-order valence-electron chi connectivity index (χ1n) is 10.5. The third-order valence-corrected chi connectivity index (χ3v) is 6.19. The number of aromatic carboxylic acids is 1. The van der Waals surface area contributed by atoms with E-state index in [0.29, 0.717) is 17.2 Å². The molecule has 9 nitrogen and oxygen atoms in total. The Morgan fingerprint density at radius 2 is 2.09 bits per heavy atom. The number of carbonyl (C=O) groups is 1. The Morgan fingerprint density at radius 1 is 1.34 bits per heavy atom. The Balaban J connectivity index is 1.60. The molecule has 0 saturated carbocycles. The van der Waals surface area contributed by atoms with Crippen molar-refractivity contribution < 1.29 is 9.90 Å². The highest BCUT2D eigenvalue weighted by Gasteiger charge is 2.43. The molecule has 2 fully saturated rings. The molecule has 2 bridgehead atoms. The fourth-order valence-electron chi connectivity index (χ4n) is 4.71. The van der Waals surface area contributed by atoms with Crippen LogP contribution >= 0.6 is 0 Å². The molecule has 3 aromatic rings. The minimum Gasteiger partial charge on any atom is -0.478 e. The van der Waals surface area contributed by atoms with E-state index in [1.165, 1.54) is 10.5 Å². The average Bonchev–Trinajstić information content (AvgIpc) is 2.79. The van der Waals surface area contributed by atoms with Crippen molar-refractivity contribution in [1.29, 1.82) is 5.26 Å². The monoisotopic (exact) mass is 430 g/mol. The molecule has 0 aliphatic carbocycles. The van der Waals surface area contributed by atoms with Gasteiger partial charge in [-0.15, -0.1) is 0 Å². The number of aryl methyl sites for hydroxylation is 1. The summed E-state index contributed by atoms with van der Waals surface area (Å²) < 4.78 is 1.42. The summed E-state index contributed by atoms with van der Waals surface area (Å²) in [6.07, 6.45) is 2.70. The van der Waals surface area contributed by atoms with Crippen LogP contribution in [0.15, 0.2) is 41.3 Å². The van der Waals surface area contributed by atoms with Gasteiger partial charge in [0.25, 0.3) is 5.56 Å². The standard InChI is InChI=1S/C23H22N6O3/c1-13-6-14(9-26-19-5-3-2-4-17(19)23(31)32)20-27-21(18(8-24)22(30)28(20)12-13)29-15-7-16(29)11-25-10-15/h2-6,12,15-16,25-26H,7,9-11H2,1H3,(H,31,32). The summed E-state index contributed by atoms with van der Waals surface area (Å²) in [5.74, 6) is -0.577. The van der Waals surface area contributed by atoms with E-state index in [0.717, 1.165) is 30.6 Å². The number of nitrogens with zero attached hydrogens (tertiary/aromatic N) is 4. The van der Waals surface area contributed by atoms with E-state index in [9.17, 15) is 20.0 Å². The van der Waals surface area contributed by atoms with Crippen LogP contribution in [0.3, 0.4) is 0 Å². The number of hydrogen-bond acceptors (Lipinski definition) is 7. The minimum absolute atomic E-state index is 0.0554. The molecule has 0 radical (unpaired) electrons. The Bertz CT molecular complexity index is 1330. The molecule has 3 N–H and O–H groups in total. The summed E-state index contributed by atoms with van der Waals surface area (Å²) in [7, 11) is 0. The van der Waals surface area contributed by atoms with Crippen LogP contribution in [0.5, 0.6) is 0 Å². The van der Waals surface area contributed by atoms with Crippen LogP contribution in [-0.4, -0.2) is 45.6 Å². The second-order valence-corrected chi connectivity index (χ2v) is 8.28. The number of piperidine rings is 1. The van der Waals surface area contributed by atoms with Crippen molar-refractivity contribution in [2.45, 2.75) is 32.0 Å². The lowest BCUT2D eigenvalue weighted by atomic mass is 9.88. The highest BCUT2D eigenvalue weighted by Crippen LogP contribution is 2.34. The predicted octanol–water partition coefficient (Wildman–Crippen LogP) is 1.74. The SMILES string of the molecule is Cc1cc(CNc2ccccc2C(=O)O)c2nc(N3C4CNCC3C4)c(C#N)c(=O)n2c1. The number of piperazine rings is 1. The summed E-state index contributed by atoms with van der Waals surface area (Å²) in [5.41, 5.74) is 2.37. The number of nitrogens with one attached hydrogen (secondary N) is 2. The lowest BCUT2D eigenvalue weighted by Crippen LogP contribution is -2.68. The highest BCUT2D eigenvalue weighted by atomic mass is 16.4. The van der Waals surface area contributed by atoms with E-state index < -0.39 is 5.97 Å². The quantitative estimate of drug-likeness (QED) is 0.559. The Morgan fingerprint density at radius 3 is 2.78 bits per heavy atom. The summed E-state index contributed by atoms with van der Waals surface area (Å²) in [5, 5.41) is 25.7. The van der Waals surface area contributed by atoms with Crippen LogP contribution in [0.25, 0.3) is 5.65 Å². The number of carboxylic acids is 1. The summed E-state index contributed by atoms with van der Waals surface area (Å²) in [6.45, 7) is 3.75. The molecule has 2 saturated heterocycles. The third-order valence-electron chi connectivity index (χ3n) is 6.19. The lowest BCUT2D eigenvalue weighted by molar-refractivity contribution is 0.0698. The normalized spacial score (nSPS) is 19.3. The van der Waals surface area contributed by atoms with E-state index in [4.69, 9.17) is 4.98 Å². The zero-order chi connectivity index (χ0) is 22.4. The van der Waals surface area contributed by atoms with Gasteiger partial charge >= 0.3 is 5.97 Å². The van der Waals surface area contributed by atoms with Crippen molar-refractivity contribution in [1.82, 2.24) is 14.7 Å². The van der Waals surface area contributed by atoms with Crippen molar-refractivity contribution in [3.63, 3.8) is 0 Å². The van der Waals surface area contributed by atoms with Gasteiger partial charge in [0, 0.05) is 49.2 Å². The van der Waals surface area contributed by atoms with Crippen molar-refractivity contribution >= 4 is 23.1 Å². The molecule has 2 atom stereocenters. The molecule has 2 aliphatic rings. The fourth-order valence-corrected chi connectivity index (χ4v) is 4.71. The molecule has 2 aromatic heterocycles. The van der Waals surface area contributed by atoms with Gasteiger partial charge in [-0.2, -0.15) is 5.26 Å². The third kappa shape index (κ3) is 3.16. The second kappa shape index (κ2) is 7.66. The number of para-hydroxylation sites is 1. The number of hydrogen-bond donors (Lipinski definition) is 3. The van der Waals surface area contributed by atoms with Crippen LogP contribution in [0.4, 0.5) is 11.5 Å². The number of anilines is 2. The smallest absolute Gasteiger partial charge is 0.337 e. The molecule has 4 heterocycles. The van der Waals surface area contributed by atoms with Gasteiger partial charge in [-0.05, 0) is 37.1 Å². The molecule has 5 rings (SSSR count). The zero-order valence-corrected chi connectivity index (χ0v) is 17.5. The van der Waals surface area contributed by atoms with Crippen molar-refractivity contribution in [3.8, 4) is 6.07 Å². The minimum atomic E-state index is -1.02. The number of benzene rings is 1. The molecular weight excluding hydrogens is 408 g/mol. The van der Waals surface area contributed by atoms with Crippen LogP contribution in [0, 0.1) is 18.3 Å². The van der Waals surface area contributed by atoms with Gasteiger partial charge in [-0.3, -0.25) is 9.20 Å². The summed E-state index contributed by atoms with van der Waals surface area (Å²) >= 11 is 0. The Hall–Kier alpha value is -3.90. The number of nitriles is 1. The zero-order valence-electron chi connectivity index (χ0n) is 17.5. The van der Waals surface area contributed by atoms with Gasteiger partial charge < -0.3 is 20.6 Å². The van der Waals surface area contributed by atoms with E-state index in [1.54, 1.807) is 24.4 Å². The van der Waals surface area contributed by atoms with E-state index in [1.807, 2.05) is 13.0 Å².